The summed E-state index contributed by atoms with van der Waals surface area (Å²) in [6.07, 6.45) is 7.38. The zero-order chi connectivity index (χ0) is 23.5. The van der Waals surface area contributed by atoms with Crippen molar-refractivity contribution in [1.82, 2.24) is 9.13 Å². The average Bonchev–Trinajstić information content (AvgIpc) is 2.92. The van der Waals surface area contributed by atoms with E-state index in [0.29, 0.717) is 0 Å². The number of nitrogens with zero attached hydrogens (tertiary/aromatic N) is 2. The Morgan fingerprint density at radius 2 is 1.41 bits per heavy atom. The second-order valence-electron chi connectivity index (χ2n) is 8.51. The lowest BCUT2D eigenvalue weighted by Gasteiger charge is -2.15. The number of para-hydroxylation sites is 2. The second-order valence-corrected chi connectivity index (χ2v) is 8.51. The molecule has 1 aromatic heterocycles. The van der Waals surface area contributed by atoms with Gasteiger partial charge in [-0.1, -0.05) is 86.0 Å². The maximum Gasteiger partial charge on any atom is 0.0496 e. The van der Waals surface area contributed by atoms with Gasteiger partial charge in [-0.05, 0) is 66.9 Å². The van der Waals surface area contributed by atoms with Crippen LogP contribution in [0.2, 0.25) is 0 Å². The summed E-state index contributed by atoms with van der Waals surface area (Å²) >= 11 is 0. The van der Waals surface area contributed by atoms with E-state index in [2.05, 4.69) is 138 Å². The van der Waals surface area contributed by atoms with Crippen molar-refractivity contribution in [3.8, 4) is 11.4 Å². The zero-order valence-corrected chi connectivity index (χ0v) is 19.5. The molecule has 0 atom stereocenters. The van der Waals surface area contributed by atoms with Crippen molar-refractivity contribution in [2.75, 3.05) is 0 Å². The summed E-state index contributed by atoms with van der Waals surface area (Å²) in [5.74, 6) is 0. The minimum atomic E-state index is 0.860. The van der Waals surface area contributed by atoms with Gasteiger partial charge in [-0.15, -0.1) is 0 Å². The van der Waals surface area contributed by atoms with Gasteiger partial charge in [-0.2, -0.15) is 0 Å². The van der Waals surface area contributed by atoms with Crippen molar-refractivity contribution in [2.24, 2.45) is 0 Å². The average molecular weight is 441 g/mol. The predicted molar refractivity (Wildman–Crippen MR) is 145 cm³/mol. The van der Waals surface area contributed by atoms with Crippen LogP contribution in [0.1, 0.15) is 11.1 Å². The third-order valence-electron chi connectivity index (χ3n) is 6.26. The van der Waals surface area contributed by atoms with Crippen LogP contribution in [0.15, 0.2) is 109 Å². The van der Waals surface area contributed by atoms with Gasteiger partial charge in [0, 0.05) is 38.3 Å². The molecule has 0 aliphatic carbocycles. The van der Waals surface area contributed by atoms with E-state index < -0.39 is 0 Å². The number of allylic oxidation sites excluding steroid dienone is 2. The van der Waals surface area contributed by atoms with E-state index in [-0.39, 0.29) is 0 Å². The van der Waals surface area contributed by atoms with Gasteiger partial charge in [-0.25, -0.2) is 0 Å². The largest absolute Gasteiger partial charge is 0.311 e. The van der Waals surface area contributed by atoms with E-state index in [1.54, 1.807) is 0 Å². The van der Waals surface area contributed by atoms with Crippen molar-refractivity contribution >= 4 is 30.3 Å². The molecule has 0 fully saturated rings. The minimum absolute atomic E-state index is 0.860. The fourth-order valence-corrected chi connectivity index (χ4v) is 4.57. The monoisotopic (exact) mass is 440 g/mol. The first-order chi connectivity index (χ1) is 16.6. The van der Waals surface area contributed by atoms with E-state index in [9.17, 15) is 0 Å². The summed E-state index contributed by atoms with van der Waals surface area (Å²) in [5.41, 5.74) is 6.74. The molecule has 0 amide bonds. The summed E-state index contributed by atoms with van der Waals surface area (Å²) in [6, 6.07) is 33.8. The Hall–Kier alpha value is -4.30. The molecule has 4 aromatic rings. The Kier molecular flexibility index (Phi) is 5.88. The van der Waals surface area contributed by atoms with Crippen LogP contribution in [-0.4, -0.2) is 9.13 Å². The molecule has 0 radical (unpaired) electrons. The summed E-state index contributed by atoms with van der Waals surface area (Å²) < 4.78 is 4.47. The molecule has 0 spiro atoms. The fraction of sp³-hybridized carbons (Fsp3) is 0.0625. The van der Waals surface area contributed by atoms with Gasteiger partial charge in [0.25, 0.3) is 0 Å². The van der Waals surface area contributed by atoms with Crippen molar-refractivity contribution in [3.05, 3.63) is 136 Å². The maximum absolute atomic E-state index is 4.59. The van der Waals surface area contributed by atoms with Crippen LogP contribution >= 0.6 is 0 Å². The molecule has 1 aliphatic heterocycles. The molecule has 166 valence electrons. The molecular formula is C32H28N2. The number of aryl methyl sites for hydroxylation is 1. The highest BCUT2D eigenvalue weighted by Gasteiger charge is 2.07. The van der Waals surface area contributed by atoms with Crippen molar-refractivity contribution < 1.29 is 0 Å². The van der Waals surface area contributed by atoms with Gasteiger partial charge in [-0.3, -0.25) is 0 Å². The standard InChI is InChI=1S/C32H28N2/c1-24-13-11-14-25(2)33(28-17-5-4-6-18-28)29-19-12-20-30(23-29)34-26(3)31(24)21-9-7-15-27-16-8-10-22-32(27)34/h4-14,16-23H,2-3,15H2,1H3/b9-7-,14-11?,24-13?,31-21+. The molecule has 4 bridgehead atoms. The van der Waals surface area contributed by atoms with Crippen molar-refractivity contribution in [2.45, 2.75) is 13.3 Å². The van der Waals surface area contributed by atoms with Gasteiger partial charge >= 0.3 is 0 Å². The lowest BCUT2D eigenvalue weighted by Crippen LogP contribution is -2.33. The topological polar surface area (TPSA) is 9.86 Å². The van der Waals surface area contributed by atoms with E-state index in [4.69, 9.17) is 0 Å². The molecule has 2 heterocycles. The Balaban J connectivity index is 2.07. The van der Waals surface area contributed by atoms with Crippen molar-refractivity contribution in [1.29, 1.82) is 0 Å². The van der Waals surface area contributed by atoms with E-state index in [0.717, 1.165) is 50.3 Å². The first kappa shape index (κ1) is 21.5. The molecule has 0 N–H and O–H groups in total. The van der Waals surface area contributed by atoms with Gasteiger partial charge in [0.15, 0.2) is 0 Å². The summed E-state index contributed by atoms with van der Waals surface area (Å²) in [5, 5.41) is 2.95. The third kappa shape index (κ3) is 4.06. The van der Waals surface area contributed by atoms with E-state index in [1.165, 1.54) is 5.56 Å². The van der Waals surface area contributed by atoms with Gasteiger partial charge < -0.3 is 9.13 Å². The Morgan fingerprint density at radius 3 is 2.24 bits per heavy atom. The molecule has 2 heteroatoms. The molecule has 1 aliphatic rings. The number of hydrogen-bond donors (Lipinski definition) is 0. The summed E-state index contributed by atoms with van der Waals surface area (Å²) in [7, 11) is 0. The van der Waals surface area contributed by atoms with Crippen LogP contribution in [-0.2, 0) is 6.42 Å². The van der Waals surface area contributed by atoms with E-state index >= 15 is 0 Å². The second kappa shape index (κ2) is 9.29. The molecule has 0 saturated carbocycles. The number of benzene rings is 3. The van der Waals surface area contributed by atoms with Crippen LogP contribution in [0, 0.1) is 6.92 Å². The third-order valence-corrected chi connectivity index (χ3v) is 6.26. The minimum Gasteiger partial charge on any atom is -0.311 e. The van der Waals surface area contributed by atoms with Crippen molar-refractivity contribution in [3.63, 3.8) is 0 Å². The molecule has 0 unspecified atom stereocenters. The predicted octanol–water partition coefficient (Wildman–Crippen LogP) is 5.41. The first-order valence-electron chi connectivity index (χ1n) is 11.6. The SMILES string of the molecule is C=c1cccc(C)\c2c(=C)n(c3cccc(c3)n1-c1ccccc1)-c1ccccc1C/C=C\C=2. The van der Waals surface area contributed by atoms with Gasteiger partial charge in [0.1, 0.15) is 0 Å². The molecule has 34 heavy (non-hydrogen) atoms. The zero-order valence-electron chi connectivity index (χ0n) is 19.5. The Morgan fingerprint density at radius 1 is 0.706 bits per heavy atom. The number of hydrogen-bond acceptors (Lipinski definition) is 0. The summed E-state index contributed by atoms with van der Waals surface area (Å²) in [6.45, 7) is 11.1. The molecule has 0 saturated heterocycles. The number of fused-ring (bicyclic) bond motifs is 7. The smallest absolute Gasteiger partial charge is 0.0496 e. The quantitative estimate of drug-likeness (QED) is 0.375. The van der Waals surface area contributed by atoms with Gasteiger partial charge in [0.05, 0.1) is 0 Å². The molecule has 3 aromatic carbocycles. The molecular weight excluding hydrogens is 412 g/mol. The lowest BCUT2D eigenvalue weighted by atomic mass is 10.1. The van der Waals surface area contributed by atoms with Crippen LogP contribution in [0.25, 0.3) is 41.6 Å². The summed E-state index contributed by atoms with van der Waals surface area (Å²) in [4.78, 5) is 0. The van der Waals surface area contributed by atoms with Crippen LogP contribution in [0.5, 0.6) is 0 Å². The molecule has 5 rings (SSSR count). The highest BCUT2D eigenvalue weighted by molar-refractivity contribution is 5.66. The fourth-order valence-electron chi connectivity index (χ4n) is 4.57. The van der Waals surface area contributed by atoms with Crippen LogP contribution < -0.4 is 15.9 Å². The first-order valence-corrected chi connectivity index (χ1v) is 11.6. The highest BCUT2D eigenvalue weighted by Crippen LogP contribution is 2.18. The maximum atomic E-state index is 4.59. The van der Waals surface area contributed by atoms with Crippen LogP contribution in [0.4, 0.5) is 0 Å². The number of aromatic nitrogens is 2. The van der Waals surface area contributed by atoms with Crippen LogP contribution in [0.3, 0.4) is 0 Å². The Bertz CT molecular complexity index is 1660. The normalized spacial score (nSPS) is 13.9. The van der Waals surface area contributed by atoms with E-state index in [1.807, 2.05) is 6.07 Å². The highest BCUT2D eigenvalue weighted by atomic mass is 15.0. The molecule has 2 nitrogen and oxygen atoms in total. The van der Waals surface area contributed by atoms with Gasteiger partial charge in [0.2, 0.25) is 0 Å². The Labute approximate surface area is 200 Å². The lowest BCUT2D eigenvalue weighted by molar-refractivity contribution is 1.01. The number of rotatable bonds is 1.